The van der Waals surface area contributed by atoms with Crippen molar-refractivity contribution in [3.63, 3.8) is 0 Å². The average Bonchev–Trinajstić information content (AvgIpc) is 2.83. The van der Waals surface area contributed by atoms with Crippen molar-refractivity contribution in [2.24, 2.45) is 5.10 Å². The Morgan fingerprint density at radius 2 is 2.20 bits per heavy atom. The van der Waals surface area contributed by atoms with Crippen LogP contribution in [-0.2, 0) is 4.79 Å². The molecule has 5 nitrogen and oxygen atoms in total. The Bertz CT molecular complexity index is 628. The lowest BCUT2D eigenvalue weighted by molar-refractivity contribution is -0.123. The molecule has 2 rings (SSSR count). The minimum absolute atomic E-state index is 0.170. The van der Waals surface area contributed by atoms with Gasteiger partial charge in [0.2, 0.25) is 0 Å². The number of nitrogens with one attached hydrogen (secondary N) is 1. The highest BCUT2D eigenvalue weighted by Gasteiger charge is 2.04. The Labute approximate surface area is 134 Å². The summed E-state index contributed by atoms with van der Waals surface area (Å²) in [6, 6.07) is 10.5. The maximum atomic E-state index is 11.5. The standard InChI is InChI=1S/C13H10ClIN2O3/c14-10-3-1-2-4-11(10)19-8-13(18)17-16-7-9-5-6-12(15)20-9/h1-7H,8H2,(H,17,18)/b16-7+. The second kappa shape index (κ2) is 7.30. The van der Waals surface area contributed by atoms with E-state index >= 15 is 0 Å². The molecule has 0 aliphatic rings. The smallest absolute Gasteiger partial charge is 0.277 e. The summed E-state index contributed by atoms with van der Waals surface area (Å²) in [6.07, 6.45) is 1.41. The lowest BCUT2D eigenvalue weighted by Crippen LogP contribution is -2.24. The molecule has 1 N–H and O–H groups in total. The van der Waals surface area contributed by atoms with Crippen molar-refractivity contribution in [1.82, 2.24) is 5.43 Å². The van der Waals surface area contributed by atoms with Gasteiger partial charge in [0.05, 0.1) is 11.2 Å². The number of nitrogens with zero attached hydrogens (tertiary/aromatic N) is 1. The summed E-state index contributed by atoms with van der Waals surface area (Å²) in [4.78, 5) is 11.5. The van der Waals surface area contributed by atoms with Crippen LogP contribution in [0, 0.1) is 3.77 Å². The second-order valence-electron chi connectivity index (χ2n) is 3.65. The number of carbonyl (C=O) groups is 1. The molecular formula is C13H10ClIN2O3. The van der Waals surface area contributed by atoms with Crippen molar-refractivity contribution in [3.05, 3.63) is 50.9 Å². The lowest BCUT2D eigenvalue weighted by atomic mass is 10.3. The molecule has 0 radical (unpaired) electrons. The molecule has 0 spiro atoms. The molecule has 1 aromatic heterocycles. The number of rotatable bonds is 5. The third kappa shape index (κ3) is 4.53. The highest BCUT2D eigenvalue weighted by Crippen LogP contribution is 2.22. The van der Waals surface area contributed by atoms with Gasteiger partial charge in [-0.05, 0) is 46.9 Å². The summed E-state index contributed by atoms with van der Waals surface area (Å²) >= 11 is 7.94. The first kappa shape index (κ1) is 14.9. The number of ether oxygens (including phenoxy) is 1. The van der Waals surface area contributed by atoms with Crippen molar-refractivity contribution < 1.29 is 13.9 Å². The normalized spacial score (nSPS) is 10.7. The summed E-state index contributed by atoms with van der Waals surface area (Å²) in [5.74, 6) is 0.623. The zero-order chi connectivity index (χ0) is 14.4. The van der Waals surface area contributed by atoms with Crippen LogP contribution in [-0.4, -0.2) is 18.7 Å². The molecule has 0 aliphatic heterocycles. The van der Waals surface area contributed by atoms with Gasteiger partial charge in [-0.15, -0.1) is 0 Å². The van der Waals surface area contributed by atoms with Gasteiger partial charge in [0.1, 0.15) is 11.5 Å². The summed E-state index contributed by atoms with van der Waals surface area (Å²) in [7, 11) is 0. The van der Waals surface area contributed by atoms with E-state index in [1.807, 2.05) is 22.6 Å². The molecule has 0 unspecified atom stereocenters. The molecule has 1 aromatic carbocycles. The van der Waals surface area contributed by atoms with E-state index in [1.54, 1.807) is 36.4 Å². The van der Waals surface area contributed by atoms with E-state index in [-0.39, 0.29) is 12.5 Å². The number of benzene rings is 1. The van der Waals surface area contributed by atoms with Crippen molar-refractivity contribution >= 4 is 46.3 Å². The summed E-state index contributed by atoms with van der Waals surface area (Å²) in [5.41, 5.74) is 2.33. The van der Waals surface area contributed by atoms with Crippen LogP contribution in [0.2, 0.25) is 5.02 Å². The van der Waals surface area contributed by atoms with Crippen molar-refractivity contribution in [2.45, 2.75) is 0 Å². The van der Waals surface area contributed by atoms with Crippen LogP contribution in [0.3, 0.4) is 0 Å². The number of amides is 1. The summed E-state index contributed by atoms with van der Waals surface area (Å²) in [5, 5.41) is 4.21. The van der Waals surface area contributed by atoms with Crippen molar-refractivity contribution in [2.75, 3.05) is 6.61 Å². The second-order valence-corrected chi connectivity index (χ2v) is 5.12. The fraction of sp³-hybridized carbons (Fsp3) is 0.0769. The molecule has 2 aromatic rings. The van der Waals surface area contributed by atoms with Gasteiger partial charge in [-0.25, -0.2) is 5.43 Å². The number of para-hydroxylation sites is 1. The maximum absolute atomic E-state index is 11.5. The highest BCUT2D eigenvalue weighted by molar-refractivity contribution is 14.1. The van der Waals surface area contributed by atoms with E-state index in [2.05, 4.69) is 10.5 Å². The minimum atomic E-state index is -0.387. The Hall–Kier alpha value is -1.54. The van der Waals surface area contributed by atoms with Gasteiger partial charge in [0.15, 0.2) is 10.4 Å². The minimum Gasteiger partial charge on any atom is -0.482 e. The van der Waals surface area contributed by atoms with E-state index < -0.39 is 0 Å². The molecule has 0 bridgehead atoms. The topological polar surface area (TPSA) is 63.8 Å². The van der Waals surface area contributed by atoms with E-state index in [1.165, 1.54) is 6.21 Å². The number of hydrogen-bond donors (Lipinski definition) is 1. The largest absolute Gasteiger partial charge is 0.482 e. The summed E-state index contributed by atoms with van der Waals surface area (Å²) < 4.78 is 11.3. The van der Waals surface area contributed by atoms with Crippen molar-refractivity contribution in [1.29, 1.82) is 0 Å². The molecule has 0 fully saturated rings. The van der Waals surface area contributed by atoms with Gasteiger partial charge in [-0.3, -0.25) is 4.79 Å². The number of furan rings is 1. The van der Waals surface area contributed by atoms with E-state index in [9.17, 15) is 4.79 Å². The quantitative estimate of drug-likeness (QED) is 0.473. The average molecular weight is 405 g/mol. The molecule has 20 heavy (non-hydrogen) atoms. The van der Waals surface area contributed by atoms with Crippen LogP contribution in [0.15, 0.2) is 45.9 Å². The Morgan fingerprint density at radius 1 is 1.40 bits per heavy atom. The first-order valence-corrected chi connectivity index (χ1v) is 7.05. The number of hydrazone groups is 1. The molecule has 0 aliphatic carbocycles. The van der Waals surface area contributed by atoms with Gasteiger partial charge >= 0.3 is 0 Å². The molecule has 0 atom stereocenters. The van der Waals surface area contributed by atoms with Crippen molar-refractivity contribution in [3.8, 4) is 5.75 Å². The lowest BCUT2D eigenvalue weighted by Gasteiger charge is -2.05. The summed E-state index contributed by atoms with van der Waals surface area (Å²) in [6.45, 7) is -0.170. The zero-order valence-corrected chi connectivity index (χ0v) is 13.1. The molecular weight excluding hydrogens is 395 g/mol. The number of halogens is 2. The fourth-order valence-corrected chi connectivity index (χ4v) is 1.93. The predicted octanol–water partition coefficient (Wildman–Crippen LogP) is 3.07. The monoisotopic (exact) mass is 404 g/mol. The Kier molecular flexibility index (Phi) is 5.42. The van der Waals surface area contributed by atoms with Gasteiger partial charge in [-0.2, -0.15) is 5.10 Å². The van der Waals surface area contributed by atoms with Crippen LogP contribution < -0.4 is 10.2 Å². The fourth-order valence-electron chi connectivity index (χ4n) is 1.30. The maximum Gasteiger partial charge on any atom is 0.277 e. The molecule has 0 saturated heterocycles. The third-order valence-electron chi connectivity index (χ3n) is 2.17. The SMILES string of the molecule is O=C(COc1ccccc1Cl)N/N=C/c1ccc(I)o1. The first-order chi connectivity index (χ1) is 9.65. The molecule has 104 valence electrons. The molecule has 1 amide bonds. The van der Waals surface area contributed by atoms with E-state index in [4.69, 9.17) is 20.8 Å². The molecule has 0 saturated carbocycles. The van der Waals surface area contributed by atoms with Crippen LogP contribution >= 0.6 is 34.2 Å². The van der Waals surface area contributed by atoms with E-state index in [0.717, 1.165) is 3.77 Å². The number of carbonyl (C=O) groups excluding carboxylic acids is 1. The Morgan fingerprint density at radius 3 is 2.90 bits per heavy atom. The van der Waals surface area contributed by atoms with Crippen LogP contribution in [0.4, 0.5) is 0 Å². The zero-order valence-electron chi connectivity index (χ0n) is 10.2. The van der Waals surface area contributed by atoms with E-state index in [0.29, 0.717) is 16.5 Å². The third-order valence-corrected chi connectivity index (χ3v) is 3.06. The first-order valence-electron chi connectivity index (χ1n) is 5.60. The number of hydrogen-bond acceptors (Lipinski definition) is 4. The van der Waals surface area contributed by atoms with Crippen LogP contribution in [0.25, 0.3) is 0 Å². The Balaban J connectivity index is 1.78. The van der Waals surface area contributed by atoms with Gasteiger partial charge < -0.3 is 9.15 Å². The van der Waals surface area contributed by atoms with Crippen LogP contribution in [0.5, 0.6) is 5.75 Å². The van der Waals surface area contributed by atoms with Gasteiger partial charge in [-0.1, -0.05) is 23.7 Å². The van der Waals surface area contributed by atoms with Crippen LogP contribution in [0.1, 0.15) is 5.76 Å². The highest BCUT2D eigenvalue weighted by atomic mass is 127. The van der Waals surface area contributed by atoms with Gasteiger partial charge in [0.25, 0.3) is 5.91 Å². The molecule has 7 heteroatoms. The molecule has 1 heterocycles. The van der Waals surface area contributed by atoms with Gasteiger partial charge in [0, 0.05) is 0 Å². The predicted molar refractivity (Wildman–Crippen MR) is 84.1 cm³/mol.